The molecule has 3 aromatic heterocycles. The number of pyridine rings is 2. The van der Waals surface area contributed by atoms with Crippen molar-refractivity contribution >= 4 is 34.8 Å². The Bertz CT molecular complexity index is 1020. The summed E-state index contributed by atoms with van der Waals surface area (Å²) in [5.74, 6) is -0.894. The van der Waals surface area contributed by atoms with E-state index in [0.29, 0.717) is 16.1 Å². The molecule has 3 aromatic rings. The van der Waals surface area contributed by atoms with Crippen molar-refractivity contribution in [2.75, 3.05) is 0 Å². The second-order valence-electron chi connectivity index (χ2n) is 5.92. The lowest BCUT2D eigenvalue weighted by molar-refractivity contribution is -0.138. The fourth-order valence-electron chi connectivity index (χ4n) is 2.48. The van der Waals surface area contributed by atoms with E-state index in [0.717, 1.165) is 16.2 Å². The zero-order valence-electron chi connectivity index (χ0n) is 13.5. The zero-order valence-corrected chi connectivity index (χ0v) is 15.1. The highest BCUT2D eigenvalue weighted by Crippen LogP contribution is 2.39. The van der Waals surface area contributed by atoms with Crippen LogP contribution in [0.5, 0.6) is 0 Å². The predicted octanol–water partition coefficient (Wildman–Crippen LogP) is 4.48. The van der Waals surface area contributed by atoms with Crippen LogP contribution in [0.1, 0.15) is 19.4 Å². The quantitative estimate of drug-likeness (QED) is 0.684. The third-order valence-corrected chi connectivity index (χ3v) is 5.38. The van der Waals surface area contributed by atoms with Crippen molar-refractivity contribution in [3.8, 4) is 17.3 Å². The molecule has 0 saturated heterocycles. The average molecular weight is 372 g/mol. The third kappa shape index (κ3) is 3.09. The summed E-state index contributed by atoms with van der Waals surface area (Å²) in [7, 11) is 0. The fourth-order valence-corrected chi connectivity index (χ4v) is 3.76. The van der Waals surface area contributed by atoms with Gasteiger partial charge in [0.25, 0.3) is 0 Å². The lowest BCUT2D eigenvalue weighted by Gasteiger charge is -2.20. The number of carboxylic acids is 1. The van der Waals surface area contributed by atoms with Crippen molar-refractivity contribution in [1.29, 1.82) is 5.26 Å². The minimum atomic E-state index is -0.990. The Morgan fingerprint density at radius 1 is 1.36 bits per heavy atom. The number of hydrogen-bond donors (Lipinski definition) is 1. The van der Waals surface area contributed by atoms with Gasteiger partial charge in [0, 0.05) is 29.0 Å². The van der Waals surface area contributed by atoms with Crippen LogP contribution in [0.15, 0.2) is 47.8 Å². The van der Waals surface area contributed by atoms with E-state index in [4.69, 9.17) is 11.6 Å². The maximum atomic E-state index is 11.5. The number of rotatable bonds is 4. The maximum absolute atomic E-state index is 11.5. The van der Waals surface area contributed by atoms with E-state index in [-0.39, 0.29) is 0 Å². The first-order chi connectivity index (χ1) is 11.8. The topological polar surface area (TPSA) is 78.4 Å². The summed E-state index contributed by atoms with van der Waals surface area (Å²) < 4.78 is 0.839. The Morgan fingerprint density at radius 3 is 2.80 bits per heavy atom. The molecule has 0 aliphatic heterocycles. The second-order valence-corrected chi connectivity index (χ2v) is 7.99. The van der Waals surface area contributed by atoms with E-state index in [9.17, 15) is 15.2 Å². The molecule has 3 rings (SSSR count). The summed E-state index contributed by atoms with van der Waals surface area (Å²) in [6.45, 7) is 3.32. The predicted molar refractivity (Wildman–Crippen MR) is 97.9 cm³/mol. The Hall–Kier alpha value is -2.49. The molecule has 0 fully saturated rings. The van der Waals surface area contributed by atoms with Crippen LogP contribution in [0.4, 0.5) is 0 Å². The first-order valence-electron chi connectivity index (χ1n) is 7.41. The molecule has 0 bridgehead atoms. The van der Waals surface area contributed by atoms with E-state index < -0.39 is 10.7 Å². The van der Waals surface area contributed by atoms with Crippen LogP contribution in [0.25, 0.3) is 16.8 Å². The zero-order chi connectivity index (χ0) is 18.2. The lowest BCUT2D eigenvalue weighted by Crippen LogP contribution is -2.27. The highest BCUT2D eigenvalue weighted by Gasteiger charge is 2.30. The van der Waals surface area contributed by atoms with Gasteiger partial charge in [-0.05, 0) is 38.1 Å². The number of aromatic nitrogens is 2. The van der Waals surface area contributed by atoms with E-state index in [1.165, 1.54) is 11.8 Å². The molecule has 1 N–H and O–H groups in total. The van der Waals surface area contributed by atoms with Gasteiger partial charge in [0.05, 0.1) is 21.8 Å². The number of thioether (sulfide) groups is 1. The number of halogens is 1. The Morgan fingerprint density at radius 2 is 2.12 bits per heavy atom. The summed E-state index contributed by atoms with van der Waals surface area (Å²) in [5, 5.41) is 19.2. The SMILES string of the molecule is CC(C)(Sc1ccncc1-c1ccc(C#N)c2c(Cl)ccn12)C(=O)O. The number of nitrogens with zero attached hydrogens (tertiary/aromatic N) is 3. The first kappa shape index (κ1) is 17.3. The van der Waals surface area contributed by atoms with E-state index in [2.05, 4.69) is 11.1 Å². The number of carboxylic acid groups (broad SMARTS) is 1. The summed E-state index contributed by atoms with van der Waals surface area (Å²) >= 11 is 7.48. The smallest absolute Gasteiger partial charge is 0.319 e. The summed E-state index contributed by atoms with van der Waals surface area (Å²) in [4.78, 5) is 16.4. The Kier molecular flexibility index (Phi) is 4.46. The molecule has 0 saturated carbocycles. The van der Waals surface area contributed by atoms with Gasteiger partial charge in [-0.15, -0.1) is 11.8 Å². The van der Waals surface area contributed by atoms with Gasteiger partial charge in [0.2, 0.25) is 0 Å². The molecule has 3 heterocycles. The van der Waals surface area contributed by atoms with Crippen molar-refractivity contribution in [2.24, 2.45) is 0 Å². The molecule has 0 spiro atoms. The molecule has 126 valence electrons. The molecule has 25 heavy (non-hydrogen) atoms. The van der Waals surface area contributed by atoms with Gasteiger partial charge in [0.1, 0.15) is 10.8 Å². The van der Waals surface area contributed by atoms with Gasteiger partial charge in [0.15, 0.2) is 0 Å². The molecule has 0 aliphatic carbocycles. The largest absolute Gasteiger partial charge is 0.480 e. The highest BCUT2D eigenvalue weighted by atomic mass is 35.5. The average Bonchev–Trinajstić information content (AvgIpc) is 2.97. The van der Waals surface area contributed by atoms with Crippen molar-refractivity contribution in [3.63, 3.8) is 0 Å². The van der Waals surface area contributed by atoms with Crippen LogP contribution in [0.3, 0.4) is 0 Å². The minimum absolute atomic E-state index is 0.475. The van der Waals surface area contributed by atoms with Crippen molar-refractivity contribution in [3.05, 3.63) is 53.4 Å². The van der Waals surface area contributed by atoms with Gasteiger partial charge < -0.3 is 9.51 Å². The van der Waals surface area contributed by atoms with Gasteiger partial charge in [-0.2, -0.15) is 5.26 Å². The van der Waals surface area contributed by atoms with Crippen molar-refractivity contribution in [2.45, 2.75) is 23.5 Å². The highest BCUT2D eigenvalue weighted by molar-refractivity contribution is 8.01. The Labute approximate surface area is 153 Å². The second kappa shape index (κ2) is 6.43. The maximum Gasteiger partial charge on any atom is 0.319 e. The molecule has 7 heteroatoms. The normalized spacial score (nSPS) is 11.4. The number of fused-ring (bicyclic) bond motifs is 1. The van der Waals surface area contributed by atoms with Crippen LogP contribution in [0, 0.1) is 11.3 Å². The standard InChI is InChI=1S/C18H14ClN3O2S/c1-18(2,17(23)24)25-15-5-7-21-10-12(15)14-4-3-11(9-20)16-13(19)6-8-22(14)16/h3-8,10H,1-2H3,(H,23,24). The van der Waals surface area contributed by atoms with E-state index >= 15 is 0 Å². The third-order valence-electron chi connectivity index (χ3n) is 3.82. The summed E-state index contributed by atoms with van der Waals surface area (Å²) in [5.41, 5.74) is 2.67. The fraction of sp³-hybridized carbons (Fsp3) is 0.167. The number of nitriles is 1. The van der Waals surface area contributed by atoms with Gasteiger partial charge in [-0.25, -0.2) is 0 Å². The van der Waals surface area contributed by atoms with Gasteiger partial charge in [-0.1, -0.05) is 11.6 Å². The molecular formula is C18H14ClN3O2S. The summed E-state index contributed by atoms with van der Waals surface area (Å²) in [6, 6.07) is 9.18. The van der Waals surface area contributed by atoms with Crippen LogP contribution in [0.2, 0.25) is 5.02 Å². The van der Waals surface area contributed by atoms with Crippen LogP contribution < -0.4 is 0 Å². The van der Waals surface area contributed by atoms with Crippen LogP contribution in [-0.4, -0.2) is 25.2 Å². The molecule has 5 nitrogen and oxygen atoms in total. The molecule has 0 radical (unpaired) electrons. The van der Waals surface area contributed by atoms with E-state index in [1.54, 1.807) is 50.6 Å². The van der Waals surface area contributed by atoms with Crippen LogP contribution >= 0.6 is 23.4 Å². The van der Waals surface area contributed by atoms with E-state index in [1.807, 2.05) is 10.5 Å². The van der Waals surface area contributed by atoms with Gasteiger partial charge >= 0.3 is 5.97 Å². The molecule has 0 aliphatic rings. The lowest BCUT2D eigenvalue weighted by atomic mass is 10.1. The Balaban J connectivity index is 2.21. The molecule has 0 unspecified atom stereocenters. The molecule has 0 aromatic carbocycles. The number of aliphatic carboxylic acids is 1. The number of carbonyl (C=O) groups is 1. The monoisotopic (exact) mass is 371 g/mol. The summed E-state index contributed by atoms with van der Waals surface area (Å²) in [6.07, 6.45) is 5.11. The molecule has 0 amide bonds. The molecular weight excluding hydrogens is 358 g/mol. The van der Waals surface area contributed by atoms with Gasteiger partial charge in [-0.3, -0.25) is 9.78 Å². The van der Waals surface area contributed by atoms with Crippen LogP contribution in [-0.2, 0) is 4.79 Å². The van der Waals surface area contributed by atoms with Crippen molar-refractivity contribution < 1.29 is 9.90 Å². The first-order valence-corrected chi connectivity index (χ1v) is 8.61. The number of hydrogen-bond acceptors (Lipinski definition) is 4. The van der Waals surface area contributed by atoms with Crippen molar-refractivity contribution in [1.82, 2.24) is 9.38 Å². The minimum Gasteiger partial charge on any atom is -0.480 e. The molecule has 0 atom stereocenters.